The van der Waals surface area contributed by atoms with Crippen LogP contribution >= 0.6 is 0 Å². The van der Waals surface area contributed by atoms with Crippen LogP contribution in [0.3, 0.4) is 0 Å². The molecule has 0 radical (unpaired) electrons. The Morgan fingerprint density at radius 3 is 2.84 bits per heavy atom. The van der Waals surface area contributed by atoms with Gasteiger partial charge in [-0.2, -0.15) is 0 Å². The highest BCUT2D eigenvalue weighted by atomic mass is 16.4. The molecule has 0 aromatic heterocycles. The summed E-state index contributed by atoms with van der Waals surface area (Å²) in [5.41, 5.74) is 0. The number of hydrogen-bond acceptors (Lipinski definition) is 3. The van der Waals surface area contributed by atoms with Gasteiger partial charge in [-0.25, -0.2) is 4.79 Å². The monoisotopic (exact) mass is 271 g/mol. The highest BCUT2D eigenvalue weighted by Gasteiger charge is 2.20. The van der Waals surface area contributed by atoms with Crippen LogP contribution in [-0.4, -0.2) is 54.1 Å². The Labute approximate surface area is 112 Å². The number of piperazine rings is 1. The standard InChI is InChI=1S/C12H21N3O4/c1-9(2-3-11(17)18)4-5-14-12(19)15-7-6-13-10(16)8-15/h9H,2-8H2,1H3,(H,13,16)(H,14,19)(H,17,18). The van der Waals surface area contributed by atoms with E-state index in [1.165, 1.54) is 4.90 Å². The molecule has 108 valence electrons. The average molecular weight is 271 g/mol. The van der Waals surface area contributed by atoms with Gasteiger partial charge in [-0.15, -0.1) is 0 Å². The van der Waals surface area contributed by atoms with E-state index in [2.05, 4.69) is 10.6 Å². The van der Waals surface area contributed by atoms with Gasteiger partial charge in [0.15, 0.2) is 0 Å². The average Bonchev–Trinajstić information content (AvgIpc) is 2.36. The second-order valence-electron chi connectivity index (χ2n) is 4.83. The molecule has 1 atom stereocenters. The molecule has 1 fully saturated rings. The largest absolute Gasteiger partial charge is 0.481 e. The SMILES string of the molecule is CC(CCNC(=O)N1CCNC(=O)C1)CCC(=O)O. The van der Waals surface area contributed by atoms with Gasteiger partial charge in [-0.3, -0.25) is 9.59 Å². The highest BCUT2D eigenvalue weighted by Crippen LogP contribution is 2.09. The number of nitrogens with one attached hydrogen (secondary N) is 2. The Kier molecular flexibility index (Phi) is 6.11. The Morgan fingerprint density at radius 2 is 2.21 bits per heavy atom. The lowest BCUT2D eigenvalue weighted by atomic mass is 10.0. The zero-order chi connectivity index (χ0) is 14.3. The van der Waals surface area contributed by atoms with Crippen molar-refractivity contribution in [1.82, 2.24) is 15.5 Å². The number of amides is 3. The predicted octanol–water partition coefficient (Wildman–Crippen LogP) is 0.0188. The first-order valence-electron chi connectivity index (χ1n) is 6.50. The second kappa shape index (κ2) is 7.60. The third-order valence-electron chi connectivity index (χ3n) is 3.09. The van der Waals surface area contributed by atoms with Gasteiger partial charge in [0.25, 0.3) is 0 Å². The fourth-order valence-corrected chi connectivity index (χ4v) is 1.86. The van der Waals surface area contributed by atoms with Crippen molar-refractivity contribution in [2.75, 3.05) is 26.2 Å². The van der Waals surface area contributed by atoms with E-state index in [-0.39, 0.29) is 30.8 Å². The van der Waals surface area contributed by atoms with Crippen molar-refractivity contribution in [1.29, 1.82) is 0 Å². The van der Waals surface area contributed by atoms with Gasteiger partial charge in [0.05, 0.1) is 0 Å². The van der Waals surface area contributed by atoms with E-state index in [9.17, 15) is 14.4 Å². The summed E-state index contributed by atoms with van der Waals surface area (Å²) in [5.74, 6) is -0.688. The number of carboxylic acids is 1. The smallest absolute Gasteiger partial charge is 0.317 e. The maximum Gasteiger partial charge on any atom is 0.317 e. The van der Waals surface area contributed by atoms with Crippen LogP contribution in [0.1, 0.15) is 26.2 Å². The third kappa shape index (κ3) is 6.08. The van der Waals surface area contributed by atoms with E-state index in [0.29, 0.717) is 26.1 Å². The van der Waals surface area contributed by atoms with Crippen LogP contribution in [0.2, 0.25) is 0 Å². The summed E-state index contributed by atoms with van der Waals surface area (Å²) in [6.07, 6.45) is 1.50. The molecular weight excluding hydrogens is 250 g/mol. The molecule has 1 saturated heterocycles. The van der Waals surface area contributed by atoms with Crippen LogP contribution in [0, 0.1) is 5.92 Å². The maximum absolute atomic E-state index is 11.7. The van der Waals surface area contributed by atoms with Crippen molar-refractivity contribution in [3.63, 3.8) is 0 Å². The van der Waals surface area contributed by atoms with Crippen molar-refractivity contribution in [3.8, 4) is 0 Å². The maximum atomic E-state index is 11.7. The van der Waals surface area contributed by atoms with E-state index in [1.54, 1.807) is 0 Å². The molecule has 0 aromatic rings. The summed E-state index contributed by atoms with van der Waals surface area (Å²) >= 11 is 0. The van der Waals surface area contributed by atoms with E-state index < -0.39 is 5.97 Å². The molecule has 1 aliphatic heterocycles. The van der Waals surface area contributed by atoms with Crippen molar-refractivity contribution < 1.29 is 19.5 Å². The van der Waals surface area contributed by atoms with Gasteiger partial charge in [-0.05, 0) is 18.8 Å². The number of aliphatic carboxylic acids is 1. The van der Waals surface area contributed by atoms with Gasteiger partial charge in [-0.1, -0.05) is 6.92 Å². The van der Waals surface area contributed by atoms with E-state index in [4.69, 9.17) is 5.11 Å². The Hall–Kier alpha value is -1.79. The summed E-state index contributed by atoms with van der Waals surface area (Å²) in [4.78, 5) is 34.7. The van der Waals surface area contributed by atoms with Crippen LogP contribution in [0.5, 0.6) is 0 Å². The molecule has 3 N–H and O–H groups in total. The lowest BCUT2D eigenvalue weighted by Crippen LogP contribution is -2.53. The molecule has 3 amide bonds. The number of carbonyl (C=O) groups is 3. The van der Waals surface area contributed by atoms with E-state index in [0.717, 1.165) is 6.42 Å². The number of carboxylic acid groups (broad SMARTS) is 1. The predicted molar refractivity (Wildman–Crippen MR) is 68.6 cm³/mol. The Bertz CT molecular complexity index is 346. The van der Waals surface area contributed by atoms with Crippen LogP contribution in [0.25, 0.3) is 0 Å². The first-order chi connectivity index (χ1) is 8.99. The fraction of sp³-hybridized carbons (Fsp3) is 0.750. The third-order valence-corrected chi connectivity index (χ3v) is 3.09. The van der Waals surface area contributed by atoms with Crippen molar-refractivity contribution >= 4 is 17.9 Å². The number of hydrogen-bond donors (Lipinski definition) is 3. The molecule has 7 nitrogen and oxygen atoms in total. The normalized spacial score (nSPS) is 16.7. The lowest BCUT2D eigenvalue weighted by molar-refractivity contribution is -0.137. The summed E-state index contributed by atoms with van der Waals surface area (Å²) in [6.45, 7) is 3.56. The van der Waals surface area contributed by atoms with Crippen molar-refractivity contribution in [3.05, 3.63) is 0 Å². The van der Waals surface area contributed by atoms with Gasteiger partial charge >= 0.3 is 12.0 Å². The van der Waals surface area contributed by atoms with Crippen molar-refractivity contribution in [2.45, 2.75) is 26.2 Å². The van der Waals surface area contributed by atoms with Gasteiger partial charge in [0, 0.05) is 26.1 Å². The fourth-order valence-electron chi connectivity index (χ4n) is 1.86. The first-order valence-corrected chi connectivity index (χ1v) is 6.50. The molecule has 1 aliphatic rings. The molecule has 7 heteroatoms. The highest BCUT2D eigenvalue weighted by molar-refractivity contribution is 5.85. The quantitative estimate of drug-likeness (QED) is 0.634. The topological polar surface area (TPSA) is 98.7 Å². The van der Waals surface area contributed by atoms with E-state index >= 15 is 0 Å². The lowest BCUT2D eigenvalue weighted by Gasteiger charge is -2.27. The molecule has 0 saturated carbocycles. The molecule has 1 rings (SSSR count). The molecule has 0 bridgehead atoms. The van der Waals surface area contributed by atoms with Crippen LogP contribution in [-0.2, 0) is 9.59 Å². The number of carbonyl (C=O) groups excluding carboxylic acids is 2. The Morgan fingerprint density at radius 1 is 1.47 bits per heavy atom. The molecule has 0 aliphatic carbocycles. The summed E-state index contributed by atoms with van der Waals surface area (Å²) in [5, 5.41) is 14.0. The van der Waals surface area contributed by atoms with Gasteiger partial charge < -0.3 is 20.6 Å². The van der Waals surface area contributed by atoms with Crippen LogP contribution in [0.15, 0.2) is 0 Å². The van der Waals surface area contributed by atoms with Gasteiger partial charge in [0.1, 0.15) is 6.54 Å². The summed E-state index contributed by atoms with van der Waals surface area (Å²) in [7, 11) is 0. The zero-order valence-electron chi connectivity index (χ0n) is 11.1. The molecule has 1 unspecified atom stereocenters. The van der Waals surface area contributed by atoms with Crippen LogP contribution < -0.4 is 10.6 Å². The zero-order valence-corrected chi connectivity index (χ0v) is 11.1. The minimum atomic E-state index is -0.796. The molecule has 1 heterocycles. The van der Waals surface area contributed by atoms with Crippen LogP contribution in [0.4, 0.5) is 4.79 Å². The molecular formula is C12H21N3O4. The summed E-state index contributed by atoms with van der Waals surface area (Å²) in [6, 6.07) is -0.236. The second-order valence-corrected chi connectivity index (χ2v) is 4.83. The van der Waals surface area contributed by atoms with Crippen molar-refractivity contribution in [2.24, 2.45) is 5.92 Å². The first kappa shape index (κ1) is 15.3. The van der Waals surface area contributed by atoms with E-state index in [1.807, 2.05) is 6.92 Å². The number of urea groups is 1. The number of nitrogens with zero attached hydrogens (tertiary/aromatic N) is 1. The minimum absolute atomic E-state index is 0.0976. The molecule has 0 spiro atoms. The molecule has 19 heavy (non-hydrogen) atoms. The summed E-state index contributed by atoms with van der Waals surface area (Å²) < 4.78 is 0. The molecule has 0 aromatic carbocycles. The Balaban J connectivity index is 2.16. The van der Waals surface area contributed by atoms with Gasteiger partial charge in [0.2, 0.25) is 5.91 Å². The minimum Gasteiger partial charge on any atom is -0.481 e. The number of rotatable bonds is 6.